The molecule has 12 heavy (non-hydrogen) atoms. The van der Waals surface area contributed by atoms with Gasteiger partial charge in [0.15, 0.2) is 0 Å². The van der Waals surface area contributed by atoms with E-state index in [9.17, 15) is 0 Å². The Labute approximate surface area is 97.4 Å². The molecule has 9 heteroatoms. The predicted octanol–water partition coefficient (Wildman–Crippen LogP) is -2.55. The van der Waals surface area contributed by atoms with Crippen LogP contribution in [-0.4, -0.2) is 45.7 Å². The summed E-state index contributed by atoms with van der Waals surface area (Å²) in [5.74, 6) is 0. The first-order valence-electron chi connectivity index (χ1n) is 1.48. The quantitative estimate of drug-likeness (QED) is 0.323. The van der Waals surface area contributed by atoms with Crippen LogP contribution < -0.4 is 0 Å². The Morgan fingerprint density at radius 3 is 0.667 bits per heavy atom. The maximum atomic E-state index is 8.36. The van der Waals surface area contributed by atoms with Crippen LogP contribution >= 0.6 is 0 Å². The molecule has 0 aliphatic rings. The first kappa shape index (κ1) is 41.6. The van der Waals surface area contributed by atoms with Crippen molar-refractivity contribution in [1.29, 1.82) is 0 Å². The maximum absolute atomic E-state index is 8.36. The third kappa shape index (κ3) is 4200. The van der Waals surface area contributed by atoms with Gasteiger partial charge in [-0.3, -0.25) is 14.4 Å². The van der Waals surface area contributed by atoms with Crippen LogP contribution in [0.5, 0.6) is 0 Å². The molecule has 0 aromatic rings. The van der Waals surface area contributed by atoms with Crippen molar-refractivity contribution in [2.45, 2.75) is 0 Å². The van der Waals surface area contributed by atoms with Crippen LogP contribution in [0.1, 0.15) is 0 Å². The van der Waals surface area contributed by atoms with E-state index in [-0.39, 0.29) is 68.1 Å². The molecule has 0 aliphatic carbocycles. The van der Waals surface area contributed by atoms with Crippen molar-refractivity contribution < 1.29 is 78.4 Å². The fourth-order valence-corrected chi connectivity index (χ4v) is 0. The molecule has 0 fully saturated rings. The molecule has 0 spiro atoms. The number of rotatable bonds is 0. The second-order valence-corrected chi connectivity index (χ2v) is 0.316. The molecular weight excluding hydrogens is 329 g/mol. The van der Waals surface area contributed by atoms with Crippen molar-refractivity contribution in [3.05, 3.63) is 0 Å². The molecule has 0 aliphatic heterocycles. The normalized spacial score (nSPS) is 3.00. The monoisotopic (exact) mass is 339 g/mol. The molecule has 81 valence electrons. The Bertz CT molecular complexity index is 51.1. The second-order valence-electron chi connectivity index (χ2n) is 0.316. The second kappa shape index (κ2) is 145. The zero-order chi connectivity index (χ0) is 8.12. The maximum Gasteiger partial charge on any atom is 0.290 e. The zero-order valence-corrected chi connectivity index (χ0v) is 7.53. The summed E-state index contributed by atoms with van der Waals surface area (Å²) >= 11 is 0. The summed E-state index contributed by atoms with van der Waals surface area (Å²) in [7, 11) is 0. The number of carbonyl (C=O) groups is 3. The Balaban J connectivity index is -0.00000001000. The molecule has 0 saturated heterocycles. The van der Waals surface area contributed by atoms with E-state index in [1.165, 1.54) is 0 Å². The molecule has 1 radical (unpaired) electrons. The summed E-state index contributed by atoms with van der Waals surface area (Å²) in [6.07, 6.45) is 0. The SMILES string of the molecule is O.O.O=CO.O=CO.O=CO.[Ho]. The van der Waals surface area contributed by atoms with Crippen LogP contribution in [0.25, 0.3) is 0 Å². The Hall–Kier alpha value is -0.410. The van der Waals surface area contributed by atoms with E-state index in [0.717, 1.165) is 0 Å². The molecule has 0 aromatic heterocycles. The Morgan fingerprint density at radius 2 is 0.667 bits per heavy atom. The van der Waals surface area contributed by atoms with Crippen LogP contribution in [0.4, 0.5) is 0 Å². The smallest absolute Gasteiger partial charge is 0.290 e. The summed E-state index contributed by atoms with van der Waals surface area (Å²) in [4.78, 5) is 25.1. The van der Waals surface area contributed by atoms with E-state index in [4.69, 9.17) is 29.7 Å². The van der Waals surface area contributed by atoms with E-state index in [2.05, 4.69) is 0 Å². The van der Waals surface area contributed by atoms with Gasteiger partial charge in [0.25, 0.3) is 19.4 Å². The minimum Gasteiger partial charge on any atom is -0.483 e. The molecule has 0 bridgehead atoms. The van der Waals surface area contributed by atoms with Gasteiger partial charge in [-0.15, -0.1) is 0 Å². The van der Waals surface area contributed by atoms with Gasteiger partial charge in [0.05, 0.1) is 0 Å². The molecule has 8 nitrogen and oxygen atoms in total. The first-order chi connectivity index (χ1) is 4.24. The standard InChI is InChI=1S/3CH2O2.Ho.2H2O/c3*2-1-3;;;/h3*1H,(H,2,3);;2*1H2. The molecule has 0 unspecified atom stereocenters. The molecule has 0 saturated carbocycles. The fraction of sp³-hybridized carbons (Fsp3) is 0. The molecular formula is C3H10HoO8. The fourth-order valence-electron chi connectivity index (χ4n) is 0. The third-order valence-electron chi connectivity index (χ3n) is 0. The molecule has 0 aromatic carbocycles. The Morgan fingerprint density at radius 1 is 0.667 bits per heavy atom. The van der Waals surface area contributed by atoms with Crippen LogP contribution in [0.15, 0.2) is 0 Å². The first-order valence-corrected chi connectivity index (χ1v) is 1.48. The van der Waals surface area contributed by atoms with Gasteiger partial charge in [0, 0.05) is 37.7 Å². The van der Waals surface area contributed by atoms with Crippen molar-refractivity contribution in [2.24, 2.45) is 0 Å². The van der Waals surface area contributed by atoms with Gasteiger partial charge in [-0.25, -0.2) is 0 Å². The number of hydrogen-bond donors (Lipinski definition) is 3. The Kier molecular flexibility index (Phi) is 503. The molecule has 0 heterocycles. The topological polar surface area (TPSA) is 175 Å². The third-order valence-corrected chi connectivity index (χ3v) is 0. The summed E-state index contributed by atoms with van der Waals surface area (Å²) in [5, 5.41) is 20.7. The van der Waals surface area contributed by atoms with E-state index in [1.54, 1.807) is 0 Å². The van der Waals surface area contributed by atoms with Crippen molar-refractivity contribution in [2.75, 3.05) is 0 Å². The van der Waals surface area contributed by atoms with Crippen LogP contribution in [0.3, 0.4) is 0 Å². The molecule has 0 amide bonds. The van der Waals surface area contributed by atoms with Gasteiger partial charge in [-0.2, -0.15) is 0 Å². The molecule has 0 rings (SSSR count). The zero-order valence-electron chi connectivity index (χ0n) is 5.60. The van der Waals surface area contributed by atoms with E-state index >= 15 is 0 Å². The minimum atomic E-state index is -0.250. The average Bonchev–Trinajstić information content (AvgIpc) is 1.70. The summed E-state index contributed by atoms with van der Waals surface area (Å²) < 4.78 is 0. The van der Waals surface area contributed by atoms with Crippen LogP contribution in [0, 0.1) is 37.7 Å². The minimum absolute atomic E-state index is 0. The molecule has 7 N–H and O–H groups in total. The predicted molar refractivity (Wildman–Crippen MR) is 33.3 cm³/mol. The van der Waals surface area contributed by atoms with Gasteiger partial charge >= 0.3 is 0 Å². The summed E-state index contributed by atoms with van der Waals surface area (Å²) in [6, 6.07) is 0. The van der Waals surface area contributed by atoms with E-state index in [0.29, 0.717) is 0 Å². The van der Waals surface area contributed by atoms with Crippen molar-refractivity contribution in [3.8, 4) is 0 Å². The van der Waals surface area contributed by atoms with Crippen molar-refractivity contribution in [1.82, 2.24) is 0 Å². The summed E-state index contributed by atoms with van der Waals surface area (Å²) in [6.45, 7) is -0.750. The number of carboxylic acid groups (broad SMARTS) is 3. The van der Waals surface area contributed by atoms with Crippen LogP contribution in [0.2, 0.25) is 0 Å². The van der Waals surface area contributed by atoms with Crippen molar-refractivity contribution >= 4 is 19.4 Å². The van der Waals surface area contributed by atoms with Gasteiger partial charge < -0.3 is 26.3 Å². The van der Waals surface area contributed by atoms with Gasteiger partial charge in [-0.05, 0) is 0 Å². The van der Waals surface area contributed by atoms with Crippen molar-refractivity contribution in [3.63, 3.8) is 0 Å². The van der Waals surface area contributed by atoms with Gasteiger partial charge in [0.2, 0.25) is 0 Å². The largest absolute Gasteiger partial charge is 0.483 e. The van der Waals surface area contributed by atoms with Crippen LogP contribution in [-0.2, 0) is 14.4 Å². The average molecular weight is 339 g/mol. The van der Waals surface area contributed by atoms with E-state index in [1.807, 2.05) is 0 Å². The molecule has 0 atom stereocenters. The number of hydrogen-bond acceptors (Lipinski definition) is 3. The summed E-state index contributed by atoms with van der Waals surface area (Å²) in [5.41, 5.74) is 0. The van der Waals surface area contributed by atoms with E-state index < -0.39 is 0 Å². The van der Waals surface area contributed by atoms with Gasteiger partial charge in [0.1, 0.15) is 0 Å². The van der Waals surface area contributed by atoms with Gasteiger partial charge in [-0.1, -0.05) is 0 Å².